The first-order chi connectivity index (χ1) is 12.2. The molecular weight excluding hydrogens is 312 g/mol. The van der Waals surface area contributed by atoms with Crippen LogP contribution in [0.2, 0.25) is 0 Å². The fraction of sp³-hybridized carbons (Fsp3) is 0.136. The zero-order valence-corrected chi connectivity index (χ0v) is 14.6. The molecule has 25 heavy (non-hydrogen) atoms. The summed E-state index contributed by atoms with van der Waals surface area (Å²) in [5.74, 6) is 1.58. The van der Waals surface area contributed by atoms with E-state index in [9.17, 15) is 4.79 Å². The molecule has 0 aliphatic carbocycles. The lowest BCUT2D eigenvalue weighted by Gasteiger charge is -2.16. The number of carbonyl (C=O) groups is 1. The van der Waals surface area contributed by atoms with E-state index in [2.05, 4.69) is 0 Å². The lowest BCUT2D eigenvalue weighted by Crippen LogP contribution is -1.97. The number of benzene rings is 3. The van der Waals surface area contributed by atoms with Crippen LogP contribution in [-0.2, 0) is 0 Å². The number of carbonyl (C=O) groups excluding carboxylic acids is 1. The number of methoxy groups -OCH3 is 2. The first-order valence-corrected chi connectivity index (χ1v) is 8.07. The molecule has 126 valence electrons. The Balaban J connectivity index is 2.31. The maximum absolute atomic E-state index is 11.9. The highest BCUT2D eigenvalue weighted by molar-refractivity contribution is 5.98. The van der Waals surface area contributed by atoms with Gasteiger partial charge in [0.05, 0.1) is 14.2 Å². The van der Waals surface area contributed by atoms with Crippen molar-refractivity contribution in [2.75, 3.05) is 14.2 Å². The number of rotatable bonds is 5. The molecule has 3 heteroatoms. The molecule has 0 amide bonds. The molecule has 3 aromatic carbocycles. The lowest BCUT2D eigenvalue weighted by atomic mass is 9.91. The van der Waals surface area contributed by atoms with E-state index in [0.717, 1.165) is 33.8 Å². The molecule has 0 aromatic heterocycles. The number of ether oxygens (including phenoxy) is 2. The predicted molar refractivity (Wildman–Crippen MR) is 100 cm³/mol. The average molecular weight is 332 g/mol. The van der Waals surface area contributed by atoms with Gasteiger partial charge in [0, 0.05) is 16.7 Å². The maximum Gasteiger partial charge on any atom is 0.159 e. The van der Waals surface area contributed by atoms with Gasteiger partial charge in [-0.25, -0.2) is 0 Å². The molecule has 3 nitrogen and oxygen atoms in total. The van der Waals surface area contributed by atoms with E-state index in [0.29, 0.717) is 5.56 Å². The largest absolute Gasteiger partial charge is 0.496 e. The fourth-order valence-electron chi connectivity index (χ4n) is 2.96. The number of Topliss-reactive ketones (excluding diaryl/α,β-unsaturated/α-hetero) is 1. The summed E-state index contributed by atoms with van der Waals surface area (Å²) in [5.41, 5.74) is 4.51. The molecule has 0 fully saturated rings. The van der Waals surface area contributed by atoms with Crippen molar-refractivity contribution in [3.63, 3.8) is 0 Å². The minimum Gasteiger partial charge on any atom is -0.496 e. The van der Waals surface area contributed by atoms with Crippen molar-refractivity contribution in [2.45, 2.75) is 6.92 Å². The third kappa shape index (κ3) is 3.26. The van der Waals surface area contributed by atoms with Crippen LogP contribution < -0.4 is 9.47 Å². The van der Waals surface area contributed by atoms with Crippen molar-refractivity contribution in [3.8, 4) is 33.8 Å². The minimum absolute atomic E-state index is 0.0303. The number of hydrogen-bond donors (Lipinski definition) is 0. The van der Waals surface area contributed by atoms with Crippen molar-refractivity contribution < 1.29 is 14.3 Å². The van der Waals surface area contributed by atoms with E-state index in [1.54, 1.807) is 21.1 Å². The van der Waals surface area contributed by atoms with E-state index in [-0.39, 0.29) is 5.78 Å². The Bertz CT molecular complexity index is 913. The first-order valence-electron chi connectivity index (χ1n) is 8.07. The SMILES string of the molecule is COc1ccccc1-c1ccc(C(C)=O)cc1-c1ccccc1OC. The predicted octanol–water partition coefficient (Wildman–Crippen LogP) is 5.24. The number of para-hydroxylation sites is 2. The number of hydrogen-bond acceptors (Lipinski definition) is 3. The van der Waals surface area contributed by atoms with Gasteiger partial charge in [-0.2, -0.15) is 0 Å². The van der Waals surface area contributed by atoms with Gasteiger partial charge in [0.1, 0.15) is 11.5 Å². The molecule has 0 bridgehead atoms. The highest BCUT2D eigenvalue weighted by Crippen LogP contribution is 2.40. The summed E-state index contributed by atoms with van der Waals surface area (Å²) < 4.78 is 11.1. The van der Waals surface area contributed by atoms with Crippen LogP contribution >= 0.6 is 0 Å². The zero-order chi connectivity index (χ0) is 17.8. The van der Waals surface area contributed by atoms with Crippen molar-refractivity contribution in [1.82, 2.24) is 0 Å². The van der Waals surface area contributed by atoms with Crippen LogP contribution in [0.15, 0.2) is 66.7 Å². The van der Waals surface area contributed by atoms with Crippen LogP contribution in [0.1, 0.15) is 17.3 Å². The molecule has 0 spiro atoms. The van der Waals surface area contributed by atoms with Gasteiger partial charge in [-0.3, -0.25) is 4.79 Å². The van der Waals surface area contributed by atoms with Crippen molar-refractivity contribution >= 4 is 5.78 Å². The van der Waals surface area contributed by atoms with Crippen molar-refractivity contribution in [3.05, 3.63) is 72.3 Å². The highest BCUT2D eigenvalue weighted by Gasteiger charge is 2.16. The summed E-state index contributed by atoms with van der Waals surface area (Å²) in [7, 11) is 3.31. The van der Waals surface area contributed by atoms with Crippen LogP contribution in [0.3, 0.4) is 0 Å². The van der Waals surface area contributed by atoms with Crippen LogP contribution in [0.5, 0.6) is 11.5 Å². The monoisotopic (exact) mass is 332 g/mol. The van der Waals surface area contributed by atoms with Gasteiger partial charge < -0.3 is 9.47 Å². The van der Waals surface area contributed by atoms with Gasteiger partial charge >= 0.3 is 0 Å². The van der Waals surface area contributed by atoms with Gasteiger partial charge in [-0.1, -0.05) is 48.5 Å². The van der Waals surface area contributed by atoms with E-state index >= 15 is 0 Å². The third-order valence-electron chi connectivity index (χ3n) is 4.22. The molecule has 0 saturated heterocycles. The topological polar surface area (TPSA) is 35.5 Å². The quantitative estimate of drug-likeness (QED) is 0.599. The summed E-state index contributed by atoms with van der Waals surface area (Å²) in [5, 5.41) is 0. The molecular formula is C22H20O3. The first kappa shape index (κ1) is 16.8. The fourth-order valence-corrected chi connectivity index (χ4v) is 2.96. The van der Waals surface area contributed by atoms with Gasteiger partial charge in [0.15, 0.2) is 5.78 Å². The van der Waals surface area contributed by atoms with E-state index in [4.69, 9.17) is 9.47 Å². The van der Waals surface area contributed by atoms with E-state index < -0.39 is 0 Å². The third-order valence-corrected chi connectivity index (χ3v) is 4.22. The lowest BCUT2D eigenvalue weighted by molar-refractivity contribution is 0.101. The van der Waals surface area contributed by atoms with E-state index in [1.165, 1.54) is 0 Å². The number of ketones is 1. The normalized spacial score (nSPS) is 10.4. The Morgan fingerprint density at radius 2 is 1.20 bits per heavy atom. The maximum atomic E-state index is 11.9. The summed E-state index contributed by atoms with van der Waals surface area (Å²) in [6.07, 6.45) is 0. The summed E-state index contributed by atoms with van der Waals surface area (Å²) in [6, 6.07) is 21.4. The molecule has 0 heterocycles. The minimum atomic E-state index is 0.0303. The zero-order valence-electron chi connectivity index (χ0n) is 14.6. The Labute approximate surface area is 147 Å². The van der Waals surface area contributed by atoms with Crippen LogP contribution in [0, 0.1) is 0 Å². The van der Waals surface area contributed by atoms with Crippen molar-refractivity contribution in [1.29, 1.82) is 0 Å². The average Bonchev–Trinajstić information content (AvgIpc) is 2.67. The summed E-state index contributed by atoms with van der Waals surface area (Å²) in [4.78, 5) is 11.9. The molecule has 0 aliphatic heterocycles. The van der Waals surface area contributed by atoms with Crippen molar-refractivity contribution in [2.24, 2.45) is 0 Å². The van der Waals surface area contributed by atoms with E-state index in [1.807, 2.05) is 66.7 Å². The molecule has 0 N–H and O–H groups in total. The standard InChI is InChI=1S/C22H20O3/c1-15(23)16-12-13-17(18-8-4-6-10-21(18)24-2)20(14-16)19-9-5-7-11-22(19)25-3/h4-14H,1-3H3. The molecule has 0 radical (unpaired) electrons. The second-order valence-corrected chi connectivity index (χ2v) is 5.72. The molecule has 0 unspecified atom stereocenters. The van der Waals surface area contributed by atoms with Gasteiger partial charge in [0.2, 0.25) is 0 Å². The molecule has 3 rings (SSSR count). The molecule has 0 aliphatic rings. The van der Waals surface area contributed by atoms with Gasteiger partial charge in [-0.05, 0) is 36.2 Å². The van der Waals surface area contributed by atoms with Crippen LogP contribution in [0.25, 0.3) is 22.3 Å². The van der Waals surface area contributed by atoms with Crippen LogP contribution in [-0.4, -0.2) is 20.0 Å². The van der Waals surface area contributed by atoms with Gasteiger partial charge in [-0.15, -0.1) is 0 Å². The molecule has 0 saturated carbocycles. The second kappa shape index (κ2) is 7.22. The summed E-state index contributed by atoms with van der Waals surface area (Å²) >= 11 is 0. The second-order valence-electron chi connectivity index (χ2n) is 5.72. The molecule has 0 atom stereocenters. The molecule has 3 aromatic rings. The summed E-state index contributed by atoms with van der Waals surface area (Å²) in [6.45, 7) is 1.57. The highest BCUT2D eigenvalue weighted by atomic mass is 16.5. The Hall–Kier alpha value is -3.07. The Morgan fingerprint density at radius 1 is 0.680 bits per heavy atom. The smallest absolute Gasteiger partial charge is 0.159 e. The Kier molecular flexibility index (Phi) is 4.85. The Morgan fingerprint density at radius 3 is 1.72 bits per heavy atom. The van der Waals surface area contributed by atoms with Gasteiger partial charge in [0.25, 0.3) is 0 Å². The van der Waals surface area contributed by atoms with Crippen LogP contribution in [0.4, 0.5) is 0 Å².